The predicted octanol–water partition coefficient (Wildman–Crippen LogP) is -3.30. The van der Waals surface area contributed by atoms with Crippen LogP contribution in [0.5, 0.6) is 5.75 Å². The molecule has 1 aromatic rings. The standard InChI is InChI=1S/C42H65N11O12/c1-4-22(2)34(46)39(61)51-29(19-24-12-14-25(54)15-13-24)40(62)53-18-8-11-31(53)41(63)52-17-7-10-30(52)38(60)50-27(20-32(44)55)36(58)47-23(3)35(57)49-28(21-33(45)56)37(59)48-26(42(64)65)9-5-6-16-43/h12-15,22-23,26-31,34,54H,4-11,16-21,43,46H2,1-3H3,(H2,44,55)(H2,45,56)(H,47,58)(H,48,59)(H,49,57)(H,50,60)(H,51,61)(H,64,65)/t22-,23-,26-,27-,28-,29-,30-,31-,34-/m0/s1. The number of carboxylic acid groups (broad SMARTS) is 1. The fourth-order valence-corrected chi connectivity index (χ4v) is 7.62. The minimum Gasteiger partial charge on any atom is -0.508 e. The third-order valence-corrected chi connectivity index (χ3v) is 11.6. The fraction of sp³-hybridized carbons (Fsp3) is 0.619. The number of unbranched alkanes of at least 4 members (excludes halogenated alkanes) is 1. The van der Waals surface area contributed by atoms with Gasteiger partial charge >= 0.3 is 5.97 Å². The van der Waals surface area contributed by atoms with Crippen LogP contribution in [0.1, 0.15) is 90.5 Å². The highest BCUT2D eigenvalue weighted by atomic mass is 16.4. The van der Waals surface area contributed by atoms with Crippen LogP contribution in [0.2, 0.25) is 0 Å². The summed E-state index contributed by atoms with van der Waals surface area (Å²) in [5, 5.41) is 31.4. The summed E-state index contributed by atoms with van der Waals surface area (Å²) in [6, 6.07) is -4.18. The van der Waals surface area contributed by atoms with Gasteiger partial charge in [0.05, 0.1) is 18.9 Å². The molecule has 65 heavy (non-hydrogen) atoms. The molecule has 9 atom stereocenters. The zero-order valence-corrected chi connectivity index (χ0v) is 37.1. The van der Waals surface area contributed by atoms with Gasteiger partial charge in [0.15, 0.2) is 0 Å². The van der Waals surface area contributed by atoms with Gasteiger partial charge in [-0.1, -0.05) is 32.4 Å². The van der Waals surface area contributed by atoms with Crippen molar-refractivity contribution in [2.24, 2.45) is 28.9 Å². The highest BCUT2D eigenvalue weighted by molar-refractivity contribution is 5.99. The van der Waals surface area contributed by atoms with Crippen LogP contribution in [0.25, 0.3) is 0 Å². The summed E-state index contributed by atoms with van der Waals surface area (Å²) in [5.41, 5.74) is 23.0. The molecule has 0 unspecified atom stereocenters. The van der Waals surface area contributed by atoms with Gasteiger partial charge in [0.1, 0.15) is 48.0 Å². The molecule has 23 heteroatoms. The Morgan fingerprint density at radius 1 is 0.708 bits per heavy atom. The Morgan fingerprint density at radius 3 is 1.82 bits per heavy atom. The molecule has 0 saturated carbocycles. The number of hydrogen-bond donors (Lipinski definition) is 11. The molecule has 0 spiro atoms. The average Bonchev–Trinajstić information content (AvgIpc) is 3.96. The summed E-state index contributed by atoms with van der Waals surface area (Å²) >= 11 is 0. The van der Waals surface area contributed by atoms with E-state index in [4.69, 9.17) is 22.9 Å². The number of aromatic hydroxyl groups is 1. The number of rotatable bonds is 25. The summed E-state index contributed by atoms with van der Waals surface area (Å²) in [7, 11) is 0. The summed E-state index contributed by atoms with van der Waals surface area (Å²) in [4.78, 5) is 134. The lowest BCUT2D eigenvalue weighted by Gasteiger charge is -2.33. The minimum absolute atomic E-state index is 0.00662. The zero-order chi connectivity index (χ0) is 48.5. The number of primary amides is 2. The second kappa shape index (κ2) is 25.2. The van der Waals surface area contributed by atoms with E-state index in [9.17, 15) is 58.2 Å². The van der Waals surface area contributed by atoms with E-state index >= 15 is 0 Å². The number of carbonyl (C=O) groups is 10. The molecule has 2 aliphatic heterocycles. The number of carboxylic acids is 1. The summed E-state index contributed by atoms with van der Waals surface area (Å²) in [6.45, 7) is 5.49. The molecule has 9 amide bonds. The third-order valence-electron chi connectivity index (χ3n) is 11.6. The lowest BCUT2D eigenvalue weighted by atomic mass is 9.98. The van der Waals surface area contributed by atoms with Crippen molar-refractivity contribution in [1.82, 2.24) is 36.4 Å². The average molecular weight is 916 g/mol. The molecular weight excluding hydrogens is 851 g/mol. The van der Waals surface area contributed by atoms with Crippen LogP contribution in [-0.4, -0.2) is 147 Å². The van der Waals surface area contributed by atoms with Gasteiger partial charge in [-0.3, -0.25) is 43.2 Å². The maximum Gasteiger partial charge on any atom is 0.326 e. The van der Waals surface area contributed by atoms with Crippen molar-refractivity contribution in [1.29, 1.82) is 0 Å². The Balaban J connectivity index is 1.74. The molecule has 2 saturated heterocycles. The summed E-state index contributed by atoms with van der Waals surface area (Å²) in [6.07, 6.45) is 1.29. The van der Waals surface area contributed by atoms with Crippen LogP contribution in [0.4, 0.5) is 0 Å². The topological polar surface area (TPSA) is 382 Å². The Hall–Kier alpha value is -6.36. The first-order valence-electron chi connectivity index (χ1n) is 21.8. The second-order valence-electron chi connectivity index (χ2n) is 16.6. The monoisotopic (exact) mass is 915 g/mol. The van der Waals surface area contributed by atoms with Gasteiger partial charge in [-0.05, 0) is 82.0 Å². The third kappa shape index (κ3) is 15.7. The number of benzene rings is 1. The van der Waals surface area contributed by atoms with Crippen molar-refractivity contribution in [3.05, 3.63) is 29.8 Å². The van der Waals surface area contributed by atoms with Crippen LogP contribution in [0, 0.1) is 5.92 Å². The van der Waals surface area contributed by atoms with Crippen molar-refractivity contribution in [3.63, 3.8) is 0 Å². The molecule has 3 rings (SSSR count). The minimum atomic E-state index is -1.64. The molecule has 23 nitrogen and oxygen atoms in total. The SMILES string of the molecule is CC[C@H](C)[C@H](N)C(=O)N[C@@H](Cc1ccc(O)cc1)C(=O)N1CCC[C@H]1C(=O)N1CCC[C@H]1C(=O)N[C@@H](CC(N)=O)C(=O)N[C@@H](C)C(=O)N[C@@H](CC(N)=O)C(=O)N[C@@H](CCCCN)C(=O)O. The van der Waals surface area contributed by atoms with Crippen LogP contribution in [0.15, 0.2) is 24.3 Å². The first-order chi connectivity index (χ1) is 30.7. The molecule has 360 valence electrons. The predicted molar refractivity (Wildman–Crippen MR) is 232 cm³/mol. The van der Waals surface area contributed by atoms with Crippen molar-refractivity contribution in [2.75, 3.05) is 19.6 Å². The fourth-order valence-electron chi connectivity index (χ4n) is 7.62. The number of phenols is 1. The molecular formula is C42H65N11O12. The van der Waals surface area contributed by atoms with E-state index in [1.54, 1.807) is 12.1 Å². The van der Waals surface area contributed by atoms with E-state index < -0.39 is 120 Å². The van der Waals surface area contributed by atoms with Crippen LogP contribution in [0.3, 0.4) is 0 Å². The number of nitrogens with two attached hydrogens (primary N) is 4. The van der Waals surface area contributed by atoms with E-state index in [1.807, 2.05) is 13.8 Å². The molecule has 0 radical (unpaired) electrons. The van der Waals surface area contributed by atoms with E-state index in [2.05, 4.69) is 26.6 Å². The number of aliphatic carboxylic acids is 1. The van der Waals surface area contributed by atoms with Gasteiger partial charge in [0, 0.05) is 19.5 Å². The van der Waals surface area contributed by atoms with Crippen molar-refractivity contribution in [3.8, 4) is 5.75 Å². The number of amides is 9. The molecule has 15 N–H and O–H groups in total. The van der Waals surface area contributed by atoms with Gasteiger partial charge in [-0.15, -0.1) is 0 Å². The lowest BCUT2D eigenvalue weighted by molar-refractivity contribution is -0.148. The molecule has 2 aliphatic rings. The molecule has 2 heterocycles. The van der Waals surface area contributed by atoms with E-state index in [-0.39, 0.29) is 50.4 Å². The van der Waals surface area contributed by atoms with Gasteiger partial charge in [0.2, 0.25) is 53.2 Å². The molecule has 0 aromatic heterocycles. The highest BCUT2D eigenvalue weighted by Gasteiger charge is 2.44. The Morgan fingerprint density at radius 2 is 1.25 bits per heavy atom. The number of likely N-dealkylation sites (tertiary alicyclic amines) is 2. The summed E-state index contributed by atoms with van der Waals surface area (Å²) < 4.78 is 0. The maximum atomic E-state index is 14.3. The normalized spacial score (nSPS) is 19.0. The zero-order valence-electron chi connectivity index (χ0n) is 37.1. The molecule has 2 fully saturated rings. The largest absolute Gasteiger partial charge is 0.508 e. The van der Waals surface area contributed by atoms with Gasteiger partial charge in [-0.25, -0.2) is 4.79 Å². The molecule has 0 aliphatic carbocycles. The second-order valence-corrected chi connectivity index (χ2v) is 16.6. The van der Waals surface area contributed by atoms with Crippen LogP contribution < -0.4 is 49.5 Å². The first kappa shape index (κ1) is 53.0. The van der Waals surface area contributed by atoms with E-state index in [1.165, 1.54) is 28.9 Å². The van der Waals surface area contributed by atoms with Crippen molar-refractivity contribution >= 4 is 59.1 Å². The number of hydrogen-bond acceptors (Lipinski definition) is 13. The van der Waals surface area contributed by atoms with Gasteiger partial charge in [0.25, 0.3) is 0 Å². The molecule has 1 aromatic carbocycles. The van der Waals surface area contributed by atoms with E-state index in [0.29, 0.717) is 44.2 Å². The van der Waals surface area contributed by atoms with Crippen molar-refractivity contribution in [2.45, 2.75) is 140 Å². The lowest BCUT2D eigenvalue weighted by Crippen LogP contribution is -2.60. The smallest absolute Gasteiger partial charge is 0.326 e. The number of nitrogens with one attached hydrogen (secondary N) is 5. The van der Waals surface area contributed by atoms with Crippen LogP contribution in [-0.2, 0) is 54.4 Å². The quantitative estimate of drug-likeness (QED) is 0.0429. The highest BCUT2D eigenvalue weighted by Crippen LogP contribution is 2.26. The van der Waals surface area contributed by atoms with Crippen LogP contribution >= 0.6 is 0 Å². The number of carbonyl (C=O) groups excluding carboxylic acids is 9. The van der Waals surface area contributed by atoms with Gasteiger partial charge < -0.3 is 69.5 Å². The molecule has 0 bridgehead atoms. The number of nitrogens with zero attached hydrogens (tertiary/aromatic N) is 2. The van der Waals surface area contributed by atoms with Gasteiger partial charge in [-0.2, -0.15) is 0 Å². The van der Waals surface area contributed by atoms with Crippen molar-refractivity contribution < 1.29 is 58.2 Å². The number of phenolic OH excluding ortho intramolecular Hbond substituents is 1. The summed E-state index contributed by atoms with van der Waals surface area (Å²) in [5.74, 6) is -9.08. The Bertz CT molecular complexity index is 1900. The maximum absolute atomic E-state index is 14.3. The first-order valence-corrected chi connectivity index (χ1v) is 21.8. The van der Waals surface area contributed by atoms with E-state index in [0.717, 1.165) is 0 Å². The Labute approximate surface area is 376 Å². The Kier molecular flexibility index (Phi) is 20.6.